The van der Waals surface area contributed by atoms with E-state index >= 15 is 0 Å². The molecule has 0 heterocycles. The van der Waals surface area contributed by atoms with E-state index in [2.05, 4.69) is 24.1 Å². The molecular formula is C21H27ClN2O4S. The van der Waals surface area contributed by atoms with Crippen LogP contribution in [0.5, 0.6) is 0 Å². The normalized spacial score (nSPS) is 12.3. The summed E-state index contributed by atoms with van der Waals surface area (Å²) in [5.41, 5.74) is 3.08. The molecule has 2 aromatic rings. The van der Waals surface area contributed by atoms with Crippen LogP contribution >= 0.6 is 11.6 Å². The number of hydrogen-bond acceptors (Lipinski definition) is 5. The van der Waals surface area contributed by atoms with Gasteiger partial charge in [0.15, 0.2) is 9.84 Å². The Morgan fingerprint density at radius 2 is 1.86 bits per heavy atom. The van der Waals surface area contributed by atoms with E-state index in [1.54, 1.807) is 24.3 Å². The first-order valence-electron chi connectivity index (χ1n) is 9.39. The van der Waals surface area contributed by atoms with Crippen molar-refractivity contribution in [1.82, 2.24) is 0 Å². The van der Waals surface area contributed by atoms with Gasteiger partial charge in [-0.3, -0.25) is 5.32 Å². The van der Waals surface area contributed by atoms with Gasteiger partial charge in [-0.25, -0.2) is 13.2 Å². The third-order valence-electron chi connectivity index (χ3n) is 4.50. The van der Waals surface area contributed by atoms with E-state index in [0.717, 1.165) is 30.6 Å². The molecular weight excluding hydrogens is 412 g/mol. The van der Waals surface area contributed by atoms with Crippen LogP contribution in [0.1, 0.15) is 31.1 Å². The standard InChI is InChI=1S/C21H27ClN2O4S/c1-5-24(6-2)18-10-11-19(15(3)12-18)23-21(25)28-20(14-29(4,26)27)16-8-7-9-17(22)13-16/h7-13,20H,5-6,14H2,1-4H3,(H,23,25). The zero-order valence-corrected chi connectivity index (χ0v) is 18.7. The predicted octanol–water partition coefficient (Wildman–Crippen LogP) is 4.83. The molecule has 0 aliphatic heterocycles. The minimum absolute atomic E-state index is 0.333. The molecule has 2 aromatic carbocycles. The van der Waals surface area contributed by atoms with Crippen molar-refractivity contribution in [2.24, 2.45) is 0 Å². The van der Waals surface area contributed by atoms with Crippen LogP contribution in [0, 0.1) is 6.92 Å². The van der Waals surface area contributed by atoms with Crippen LogP contribution in [0.25, 0.3) is 0 Å². The van der Waals surface area contributed by atoms with Gasteiger partial charge in [-0.15, -0.1) is 0 Å². The van der Waals surface area contributed by atoms with E-state index in [1.165, 1.54) is 0 Å². The summed E-state index contributed by atoms with van der Waals surface area (Å²) in [6.45, 7) is 7.84. The Hall–Kier alpha value is -2.25. The van der Waals surface area contributed by atoms with Crippen LogP contribution in [0.2, 0.25) is 5.02 Å². The molecule has 0 bridgehead atoms. The largest absolute Gasteiger partial charge is 0.440 e. The van der Waals surface area contributed by atoms with Gasteiger partial charge in [0, 0.05) is 35.7 Å². The van der Waals surface area contributed by atoms with Gasteiger partial charge in [0.05, 0.1) is 5.75 Å². The van der Waals surface area contributed by atoms with E-state index in [0.29, 0.717) is 16.3 Å². The van der Waals surface area contributed by atoms with Gasteiger partial charge in [0.2, 0.25) is 0 Å². The van der Waals surface area contributed by atoms with Crippen LogP contribution in [-0.4, -0.2) is 39.6 Å². The smallest absolute Gasteiger partial charge is 0.412 e. The van der Waals surface area contributed by atoms with Crippen LogP contribution in [0.4, 0.5) is 16.2 Å². The molecule has 1 atom stereocenters. The summed E-state index contributed by atoms with van der Waals surface area (Å²) >= 11 is 6.00. The molecule has 1 amide bonds. The van der Waals surface area contributed by atoms with Gasteiger partial charge in [-0.05, 0) is 62.2 Å². The third-order valence-corrected chi connectivity index (χ3v) is 5.64. The first-order chi connectivity index (χ1) is 13.6. The lowest BCUT2D eigenvalue weighted by molar-refractivity contribution is 0.122. The molecule has 0 radical (unpaired) electrons. The van der Waals surface area contributed by atoms with Crippen LogP contribution in [0.3, 0.4) is 0 Å². The highest BCUT2D eigenvalue weighted by molar-refractivity contribution is 7.90. The molecule has 1 unspecified atom stereocenters. The van der Waals surface area contributed by atoms with E-state index in [4.69, 9.17) is 16.3 Å². The highest BCUT2D eigenvalue weighted by atomic mass is 35.5. The summed E-state index contributed by atoms with van der Waals surface area (Å²) in [6.07, 6.45) is -0.585. The molecule has 158 valence electrons. The number of anilines is 2. The molecule has 0 aromatic heterocycles. The highest BCUT2D eigenvalue weighted by Gasteiger charge is 2.22. The number of halogens is 1. The second-order valence-corrected chi connectivity index (χ2v) is 9.46. The molecule has 0 spiro atoms. The van der Waals surface area contributed by atoms with Crippen molar-refractivity contribution in [2.75, 3.05) is 35.3 Å². The van der Waals surface area contributed by atoms with Crippen molar-refractivity contribution in [3.63, 3.8) is 0 Å². The zero-order valence-electron chi connectivity index (χ0n) is 17.1. The number of ether oxygens (including phenoxy) is 1. The number of carbonyl (C=O) groups is 1. The topological polar surface area (TPSA) is 75.7 Å². The SMILES string of the molecule is CCN(CC)c1ccc(NC(=O)OC(CS(C)(=O)=O)c2cccc(Cl)c2)c(C)c1. The van der Waals surface area contributed by atoms with Gasteiger partial charge in [0.1, 0.15) is 6.10 Å². The molecule has 0 aliphatic rings. The van der Waals surface area contributed by atoms with Crippen LogP contribution in [-0.2, 0) is 14.6 Å². The maximum atomic E-state index is 12.5. The number of benzene rings is 2. The lowest BCUT2D eigenvalue weighted by atomic mass is 10.1. The number of rotatable bonds is 8. The fourth-order valence-electron chi connectivity index (χ4n) is 3.02. The molecule has 29 heavy (non-hydrogen) atoms. The summed E-state index contributed by atoms with van der Waals surface area (Å²) in [6, 6.07) is 12.4. The summed E-state index contributed by atoms with van der Waals surface area (Å²) in [4.78, 5) is 14.7. The monoisotopic (exact) mass is 438 g/mol. The molecule has 2 rings (SSSR count). The Balaban J connectivity index is 2.17. The Bertz CT molecular complexity index is 959. The van der Waals surface area contributed by atoms with E-state index in [-0.39, 0.29) is 5.75 Å². The summed E-state index contributed by atoms with van der Waals surface area (Å²) in [5.74, 6) is -0.333. The maximum absolute atomic E-state index is 12.5. The van der Waals surface area contributed by atoms with Gasteiger partial charge in [-0.2, -0.15) is 0 Å². The van der Waals surface area contributed by atoms with Gasteiger partial charge >= 0.3 is 6.09 Å². The van der Waals surface area contributed by atoms with Crippen molar-refractivity contribution in [3.05, 3.63) is 58.6 Å². The van der Waals surface area contributed by atoms with Crippen molar-refractivity contribution >= 4 is 38.9 Å². The molecule has 0 aliphatic carbocycles. The Kier molecular flexibility index (Phi) is 7.93. The number of carbonyl (C=O) groups excluding carboxylic acids is 1. The average Bonchev–Trinajstić information content (AvgIpc) is 2.63. The second kappa shape index (κ2) is 9.98. The van der Waals surface area contributed by atoms with Crippen molar-refractivity contribution in [2.45, 2.75) is 26.9 Å². The average molecular weight is 439 g/mol. The predicted molar refractivity (Wildman–Crippen MR) is 119 cm³/mol. The summed E-state index contributed by atoms with van der Waals surface area (Å²) < 4.78 is 29.1. The minimum atomic E-state index is -3.39. The minimum Gasteiger partial charge on any atom is -0.440 e. The van der Waals surface area contributed by atoms with Crippen molar-refractivity contribution < 1.29 is 17.9 Å². The zero-order chi connectivity index (χ0) is 21.6. The van der Waals surface area contributed by atoms with Crippen molar-refractivity contribution in [3.8, 4) is 0 Å². The molecule has 1 N–H and O–H groups in total. The number of aryl methyl sites for hydroxylation is 1. The summed E-state index contributed by atoms with van der Waals surface area (Å²) in [7, 11) is -3.39. The number of hydrogen-bond donors (Lipinski definition) is 1. The van der Waals surface area contributed by atoms with Gasteiger partial charge < -0.3 is 9.64 Å². The molecule has 6 nitrogen and oxygen atoms in total. The second-order valence-electron chi connectivity index (χ2n) is 6.84. The van der Waals surface area contributed by atoms with Crippen molar-refractivity contribution in [1.29, 1.82) is 0 Å². The molecule has 0 saturated carbocycles. The highest BCUT2D eigenvalue weighted by Crippen LogP contribution is 2.25. The van der Waals surface area contributed by atoms with E-state index < -0.39 is 22.0 Å². The third kappa shape index (κ3) is 6.94. The van der Waals surface area contributed by atoms with Crippen LogP contribution in [0.15, 0.2) is 42.5 Å². The number of nitrogens with zero attached hydrogens (tertiary/aromatic N) is 1. The molecule has 0 fully saturated rings. The quantitative estimate of drug-likeness (QED) is 0.638. The van der Waals surface area contributed by atoms with E-state index in [1.807, 2.05) is 25.1 Å². The fourth-order valence-corrected chi connectivity index (χ4v) is 4.03. The van der Waals surface area contributed by atoms with Gasteiger partial charge in [-0.1, -0.05) is 23.7 Å². The Morgan fingerprint density at radius 3 is 2.41 bits per heavy atom. The van der Waals surface area contributed by atoms with Crippen LogP contribution < -0.4 is 10.2 Å². The lowest BCUT2D eigenvalue weighted by Gasteiger charge is -2.22. The van der Waals surface area contributed by atoms with E-state index in [9.17, 15) is 13.2 Å². The molecule has 8 heteroatoms. The van der Waals surface area contributed by atoms with Gasteiger partial charge in [0.25, 0.3) is 0 Å². The first-order valence-corrected chi connectivity index (χ1v) is 11.8. The number of sulfone groups is 1. The number of nitrogens with one attached hydrogen (secondary N) is 1. The Morgan fingerprint density at radius 1 is 1.17 bits per heavy atom. The maximum Gasteiger partial charge on any atom is 0.412 e. The fraction of sp³-hybridized carbons (Fsp3) is 0.381. The Labute approximate surface area is 177 Å². The molecule has 0 saturated heterocycles. The lowest BCUT2D eigenvalue weighted by Crippen LogP contribution is -2.24. The number of amides is 1. The summed E-state index contributed by atoms with van der Waals surface area (Å²) in [5, 5.41) is 3.14. The first kappa shape index (κ1) is 23.0.